The van der Waals surface area contributed by atoms with Crippen molar-refractivity contribution < 1.29 is 19.4 Å². The van der Waals surface area contributed by atoms with E-state index in [1.165, 1.54) is 16.7 Å². The molecule has 32 heavy (non-hydrogen) atoms. The lowest BCUT2D eigenvalue weighted by molar-refractivity contribution is -0.116. The lowest BCUT2D eigenvalue weighted by atomic mass is 10.1. The van der Waals surface area contributed by atoms with E-state index in [-0.39, 0.29) is 31.3 Å². The van der Waals surface area contributed by atoms with Gasteiger partial charge in [0.25, 0.3) is 0 Å². The predicted molar refractivity (Wildman–Crippen MR) is 129 cm³/mol. The molecular formula is C22H29ClN4O4S. The Morgan fingerprint density at radius 1 is 1.28 bits per heavy atom. The molecule has 10 heteroatoms. The highest BCUT2D eigenvalue weighted by Gasteiger charge is 2.15. The molecule has 8 nitrogen and oxygen atoms in total. The number of anilines is 1. The third-order valence-corrected chi connectivity index (χ3v) is 5.93. The van der Waals surface area contributed by atoms with Crippen molar-refractivity contribution in [1.29, 1.82) is 0 Å². The minimum Gasteiger partial charge on any atom is -0.497 e. The minimum absolute atomic E-state index is 0. The second-order valence-corrected chi connectivity index (χ2v) is 7.98. The van der Waals surface area contributed by atoms with Crippen LogP contribution in [0.1, 0.15) is 41.5 Å². The molecule has 1 aromatic heterocycles. The first-order valence-electron chi connectivity index (χ1n) is 9.80. The monoisotopic (exact) mass is 480 g/mol. The fourth-order valence-electron chi connectivity index (χ4n) is 2.86. The first-order chi connectivity index (χ1) is 14.9. The Kier molecular flexibility index (Phi) is 11.8. The molecule has 1 aromatic carbocycles. The number of Topliss-reactive ketones (excluding diaryl/α,β-unsaturated/α-hetero) is 1. The second-order valence-electron chi connectivity index (χ2n) is 6.79. The molecule has 3 N–H and O–H groups in total. The summed E-state index contributed by atoms with van der Waals surface area (Å²) in [5.41, 5.74) is 7.91. The number of aliphatic hydroxyl groups excluding tert-OH is 1. The summed E-state index contributed by atoms with van der Waals surface area (Å²) in [6.45, 7) is 3.71. The van der Waals surface area contributed by atoms with Crippen molar-refractivity contribution in [3.05, 3.63) is 58.0 Å². The van der Waals surface area contributed by atoms with Crippen LogP contribution in [0.25, 0.3) is 0 Å². The van der Waals surface area contributed by atoms with Gasteiger partial charge in [-0.25, -0.2) is 9.97 Å². The third kappa shape index (κ3) is 7.81. The maximum atomic E-state index is 12.4. The molecule has 0 bridgehead atoms. The molecule has 0 spiro atoms. The number of thioether (sulfide) groups is 1. The van der Waals surface area contributed by atoms with Crippen molar-refractivity contribution in [3.8, 4) is 5.75 Å². The fourth-order valence-corrected chi connectivity index (χ4v) is 3.96. The normalized spacial score (nSPS) is 11.2. The van der Waals surface area contributed by atoms with Crippen molar-refractivity contribution in [2.24, 2.45) is 0 Å². The van der Waals surface area contributed by atoms with Crippen molar-refractivity contribution >= 4 is 42.2 Å². The smallest absolute Gasteiger partial charge is 0.214 e. The average Bonchev–Trinajstić information content (AvgIpc) is 2.77. The number of rotatable bonds is 12. The van der Waals surface area contributed by atoms with Crippen LogP contribution in [0.3, 0.4) is 0 Å². The summed E-state index contributed by atoms with van der Waals surface area (Å²) in [7, 11) is 1.58. The molecule has 1 heterocycles. The number of amides is 1. The molecule has 2 rings (SSSR count). The molecule has 0 aliphatic heterocycles. The number of methoxy groups -OCH3 is 1. The number of aryl methyl sites for hydroxylation is 1. The van der Waals surface area contributed by atoms with Crippen LogP contribution in [-0.2, 0) is 11.3 Å². The predicted octanol–water partition coefficient (Wildman–Crippen LogP) is 3.38. The third-order valence-electron chi connectivity index (χ3n) is 4.68. The van der Waals surface area contributed by atoms with Gasteiger partial charge in [0.15, 0.2) is 5.78 Å². The molecule has 0 saturated carbocycles. The standard InChI is InChI=1S/C22H28N4O4S.ClH/c1-15(26(14-28)13-18-12-24-16(2)25-22(18)23)21(8-10-27)31-11-9-20(29)17-4-6-19(30-3)7-5-17;/h4-7,12,14,27H,8-11,13H2,1-3H3,(H2,23,24,25);1H/b21-15-;. The van der Waals surface area contributed by atoms with Gasteiger partial charge in [-0.2, -0.15) is 0 Å². The highest BCUT2D eigenvalue weighted by atomic mass is 35.5. The van der Waals surface area contributed by atoms with Gasteiger partial charge in [0.2, 0.25) is 6.41 Å². The number of aliphatic hydroxyl groups is 1. The summed E-state index contributed by atoms with van der Waals surface area (Å²) in [4.78, 5) is 34.8. The highest BCUT2D eigenvalue weighted by Crippen LogP contribution is 2.27. The molecule has 0 aliphatic rings. The summed E-state index contributed by atoms with van der Waals surface area (Å²) in [6, 6.07) is 6.99. The van der Waals surface area contributed by atoms with E-state index < -0.39 is 0 Å². The Balaban J connectivity index is 0.00000512. The number of nitrogen functional groups attached to an aromatic ring is 1. The number of carbonyl (C=O) groups is 2. The number of allylic oxidation sites excluding steroid dienone is 1. The maximum Gasteiger partial charge on any atom is 0.214 e. The van der Waals surface area contributed by atoms with Crippen molar-refractivity contribution in [2.75, 3.05) is 25.2 Å². The first-order valence-corrected chi connectivity index (χ1v) is 10.8. The van der Waals surface area contributed by atoms with Crippen LogP contribution >= 0.6 is 24.2 Å². The van der Waals surface area contributed by atoms with Crippen LogP contribution in [0.5, 0.6) is 5.75 Å². The number of ketones is 1. The molecule has 0 radical (unpaired) electrons. The molecule has 174 valence electrons. The van der Waals surface area contributed by atoms with Crippen molar-refractivity contribution in [3.63, 3.8) is 0 Å². The van der Waals surface area contributed by atoms with Gasteiger partial charge >= 0.3 is 0 Å². The summed E-state index contributed by atoms with van der Waals surface area (Å²) >= 11 is 1.46. The average molecular weight is 481 g/mol. The fraction of sp³-hybridized carbons (Fsp3) is 0.364. The first kappa shape index (κ1) is 27.4. The van der Waals surface area contributed by atoms with Gasteiger partial charge in [-0.3, -0.25) is 9.59 Å². The van der Waals surface area contributed by atoms with Crippen LogP contribution in [-0.4, -0.2) is 51.6 Å². The Morgan fingerprint density at radius 2 is 1.97 bits per heavy atom. The molecule has 0 atom stereocenters. The van der Waals surface area contributed by atoms with Crippen molar-refractivity contribution in [2.45, 2.75) is 33.2 Å². The van der Waals surface area contributed by atoms with Crippen LogP contribution in [0.4, 0.5) is 5.82 Å². The van der Waals surface area contributed by atoms with Crippen molar-refractivity contribution in [1.82, 2.24) is 14.9 Å². The van der Waals surface area contributed by atoms with Crippen LogP contribution in [0.15, 0.2) is 41.1 Å². The summed E-state index contributed by atoms with van der Waals surface area (Å²) in [5, 5.41) is 9.47. The number of carbonyl (C=O) groups excluding carboxylic acids is 2. The molecule has 0 fully saturated rings. The lowest BCUT2D eigenvalue weighted by Crippen LogP contribution is -2.22. The number of benzene rings is 1. The van der Waals surface area contributed by atoms with Crippen LogP contribution in [0.2, 0.25) is 0 Å². The number of nitrogens with zero attached hydrogens (tertiary/aromatic N) is 3. The van der Waals surface area contributed by atoms with E-state index in [4.69, 9.17) is 10.5 Å². The van der Waals surface area contributed by atoms with E-state index in [9.17, 15) is 14.7 Å². The highest BCUT2D eigenvalue weighted by molar-refractivity contribution is 8.03. The topological polar surface area (TPSA) is 119 Å². The number of halogens is 1. The Labute approximate surface area is 198 Å². The zero-order valence-corrected chi connectivity index (χ0v) is 20.0. The molecule has 1 amide bonds. The zero-order chi connectivity index (χ0) is 22.8. The number of aromatic nitrogens is 2. The second kappa shape index (κ2) is 13.7. The van der Waals surface area contributed by atoms with Gasteiger partial charge < -0.3 is 20.5 Å². The van der Waals surface area contributed by atoms with Gasteiger partial charge in [-0.15, -0.1) is 24.2 Å². The van der Waals surface area contributed by atoms with Gasteiger partial charge in [0, 0.05) is 53.1 Å². The summed E-state index contributed by atoms with van der Waals surface area (Å²) in [6.07, 6.45) is 3.04. The van der Waals surface area contributed by atoms with Crippen LogP contribution < -0.4 is 10.5 Å². The van der Waals surface area contributed by atoms with Gasteiger partial charge in [0.05, 0.1) is 13.7 Å². The van der Waals surface area contributed by atoms with E-state index in [1.807, 2.05) is 6.92 Å². The van der Waals surface area contributed by atoms with E-state index in [0.29, 0.717) is 52.8 Å². The van der Waals surface area contributed by atoms with Gasteiger partial charge in [-0.1, -0.05) is 0 Å². The summed E-state index contributed by atoms with van der Waals surface area (Å²) < 4.78 is 5.11. The Hall–Kier alpha value is -2.62. The van der Waals surface area contributed by atoms with Gasteiger partial charge in [0.1, 0.15) is 17.4 Å². The largest absolute Gasteiger partial charge is 0.497 e. The molecule has 0 aliphatic carbocycles. The number of ether oxygens (including phenoxy) is 1. The molecular weight excluding hydrogens is 452 g/mol. The van der Waals surface area contributed by atoms with E-state index >= 15 is 0 Å². The zero-order valence-electron chi connectivity index (χ0n) is 18.4. The summed E-state index contributed by atoms with van der Waals surface area (Å²) in [5.74, 6) is 2.13. The Morgan fingerprint density at radius 3 is 2.53 bits per heavy atom. The minimum atomic E-state index is -0.0609. The SMILES string of the molecule is COc1ccc(C(=O)CCS/C(CCO)=C(/C)N(C=O)Cc2cnc(C)nc2N)cc1.Cl. The number of nitrogens with two attached hydrogens (primary N) is 1. The number of hydrogen-bond donors (Lipinski definition) is 2. The van der Waals surface area contributed by atoms with E-state index in [2.05, 4.69) is 9.97 Å². The van der Waals surface area contributed by atoms with Crippen LogP contribution in [0, 0.1) is 6.92 Å². The number of hydrogen-bond acceptors (Lipinski definition) is 8. The lowest BCUT2D eigenvalue weighted by Gasteiger charge is -2.22. The molecule has 2 aromatic rings. The molecule has 0 saturated heterocycles. The quantitative estimate of drug-likeness (QED) is 0.350. The maximum absolute atomic E-state index is 12.4. The van der Waals surface area contributed by atoms with Gasteiger partial charge in [-0.05, 0) is 38.1 Å². The molecule has 0 unspecified atom stereocenters. The Bertz CT molecular complexity index is 938. The van der Waals surface area contributed by atoms with E-state index in [1.54, 1.807) is 44.5 Å². The van der Waals surface area contributed by atoms with E-state index in [0.717, 1.165) is 11.3 Å².